The summed E-state index contributed by atoms with van der Waals surface area (Å²) in [7, 11) is -3.47. The summed E-state index contributed by atoms with van der Waals surface area (Å²) < 4.78 is 25.1. The molecule has 1 heterocycles. The molecular weight excluding hydrogens is 422 g/mol. The van der Waals surface area contributed by atoms with Crippen LogP contribution < -0.4 is 5.32 Å². The van der Waals surface area contributed by atoms with Gasteiger partial charge in [0.25, 0.3) is 0 Å². The van der Waals surface area contributed by atoms with Crippen molar-refractivity contribution < 1.29 is 13.2 Å². The van der Waals surface area contributed by atoms with Gasteiger partial charge in [0, 0.05) is 12.1 Å². The number of hydrogen-bond acceptors (Lipinski definition) is 4. The Balaban J connectivity index is 1.51. The van der Waals surface area contributed by atoms with Crippen LogP contribution in [-0.2, 0) is 14.6 Å². The molecule has 0 aliphatic carbocycles. The van der Waals surface area contributed by atoms with Gasteiger partial charge in [-0.3, -0.25) is 4.79 Å². The standard InChI is InChI=1S/C25H33N3O3S/c1-17(2)19-11-10-12-20(18(3)4)24(19)28-23(29)15-6-5-9-16-32(30,31)25-26-21-13-7-8-14-22(21)27-25/h7-8,10-14,17-18H,5-6,9,15-16H2,1-4H3,(H,26,27)(H,28,29). The molecule has 7 heteroatoms. The molecule has 6 nitrogen and oxygen atoms in total. The molecule has 0 fully saturated rings. The Hall–Kier alpha value is -2.67. The van der Waals surface area contributed by atoms with Crippen molar-refractivity contribution in [1.29, 1.82) is 0 Å². The quantitative estimate of drug-likeness (QED) is 0.379. The number of anilines is 1. The molecule has 172 valence electrons. The lowest BCUT2D eigenvalue weighted by molar-refractivity contribution is -0.116. The predicted molar refractivity (Wildman–Crippen MR) is 130 cm³/mol. The van der Waals surface area contributed by atoms with Gasteiger partial charge in [0.05, 0.1) is 16.8 Å². The molecule has 0 aliphatic heterocycles. The fourth-order valence-corrected chi connectivity index (χ4v) is 5.11. The largest absolute Gasteiger partial charge is 0.329 e. The van der Waals surface area contributed by atoms with Crippen molar-refractivity contribution in [3.8, 4) is 0 Å². The number of imidazole rings is 1. The first-order valence-electron chi connectivity index (χ1n) is 11.3. The lowest BCUT2D eigenvalue weighted by Crippen LogP contribution is -2.15. The minimum atomic E-state index is -3.47. The number of aromatic amines is 1. The van der Waals surface area contributed by atoms with E-state index in [0.717, 1.165) is 16.8 Å². The number of H-pyrrole nitrogens is 1. The Morgan fingerprint density at radius 1 is 0.938 bits per heavy atom. The highest BCUT2D eigenvalue weighted by Gasteiger charge is 2.19. The van der Waals surface area contributed by atoms with Gasteiger partial charge >= 0.3 is 0 Å². The normalized spacial score (nSPS) is 12.1. The van der Waals surface area contributed by atoms with Crippen LogP contribution in [0.25, 0.3) is 11.0 Å². The number of nitrogens with one attached hydrogen (secondary N) is 2. The molecule has 0 unspecified atom stereocenters. The number of carbonyl (C=O) groups excluding carboxylic acids is 1. The van der Waals surface area contributed by atoms with Gasteiger partial charge in [-0.05, 0) is 47.9 Å². The van der Waals surface area contributed by atoms with E-state index in [2.05, 4.69) is 55.1 Å². The SMILES string of the molecule is CC(C)c1cccc(C(C)C)c1NC(=O)CCCCCS(=O)(=O)c1nc2ccccc2[nH]1. The second-order valence-electron chi connectivity index (χ2n) is 8.86. The molecule has 0 spiro atoms. The van der Waals surface area contributed by atoms with Crippen LogP contribution in [0.3, 0.4) is 0 Å². The van der Waals surface area contributed by atoms with E-state index in [1.807, 2.05) is 24.3 Å². The number of unbranched alkanes of at least 4 members (excludes halogenated alkanes) is 2. The van der Waals surface area contributed by atoms with Crippen molar-refractivity contribution >= 4 is 32.5 Å². The second kappa shape index (κ2) is 10.3. The van der Waals surface area contributed by atoms with E-state index in [-0.39, 0.29) is 16.8 Å². The molecule has 0 radical (unpaired) electrons. The summed E-state index contributed by atoms with van der Waals surface area (Å²) in [4.78, 5) is 19.7. The average Bonchev–Trinajstić information content (AvgIpc) is 3.18. The second-order valence-corrected chi connectivity index (χ2v) is 10.9. The topological polar surface area (TPSA) is 91.9 Å². The number of sulfone groups is 1. The fourth-order valence-electron chi connectivity index (χ4n) is 3.83. The highest BCUT2D eigenvalue weighted by atomic mass is 32.2. The molecule has 1 aromatic heterocycles. The summed E-state index contributed by atoms with van der Waals surface area (Å²) in [5.41, 5.74) is 4.56. The minimum Gasteiger partial charge on any atom is -0.329 e. The van der Waals surface area contributed by atoms with Gasteiger partial charge in [0.15, 0.2) is 0 Å². The Morgan fingerprint density at radius 3 is 2.22 bits per heavy atom. The van der Waals surface area contributed by atoms with Crippen LogP contribution in [0.1, 0.15) is 76.3 Å². The third-order valence-corrected chi connectivity index (χ3v) is 7.23. The first-order chi connectivity index (χ1) is 15.2. The zero-order chi connectivity index (χ0) is 23.3. The van der Waals surface area contributed by atoms with E-state index in [1.165, 1.54) is 0 Å². The Bertz CT molecular complexity index is 1120. The number of benzene rings is 2. The Kier molecular flexibility index (Phi) is 7.72. The molecule has 32 heavy (non-hydrogen) atoms. The smallest absolute Gasteiger partial charge is 0.226 e. The Morgan fingerprint density at radius 2 is 1.59 bits per heavy atom. The molecule has 3 rings (SSSR count). The summed E-state index contributed by atoms with van der Waals surface area (Å²) in [6.45, 7) is 8.49. The van der Waals surface area contributed by atoms with Gasteiger partial charge in [-0.2, -0.15) is 0 Å². The van der Waals surface area contributed by atoms with Crippen LogP contribution in [0, 0.1) is 0 Å². The monoisotopic (exact) mass is 455 g/mol. The molecule has 0 saturated carbocycles. The fraction of sp³-hybridized carbons (Fsp3) is 0.440. The summed E-state index contributed by atoms with van der Waals surface area (Å²) in [5.74, 6) is 0.613. The molecule has 0 aliphatic rings. The maximum absolute atomic E-state index is 12.6. The third-order valence-electron chi connectivity index (χ3n) is 5.62. The number of carbonyl (C=O) groups is 1. The van der Waals surface area contributed by atoms with E-state index in [1.54, 1.807) is 6.07 Å². The molecule has 2 N–H and O–H groups in total. The third kappa shape index (κ3) is 5.76. The molecule has 0 saturated heterocycles. The van der Waals surface area contributed by atoms with Crippen molar-refractivity contribution in [2.24, 2.45) is 0 Å². The van der Waals surface area contributed by atoms with Crippen molar-refractivity contribution in [1.82, 2.24) is 9.97 Å². The van der Waals surface area contributed by atoms with Gasteiger partial charge in [0.2, 0.25) is 20.9 Å². The van der Waals surface area contributed by atoms with Crippen molar-refractivity contribution in [3.63, 3.8) is 0 Å². The van der Waals surface area contributed by atoms with Crippen molar-refractivity contribution in [2.75, 3.05) is 11.1 Å². The average molecular weight is 456 g/mol. The highest BCUT2D eigenvalue weighted by molar-refractivity contribution is 7.91. The number of aromatic nitrogens is 2. The van der Waals surface area contributed by atoms with Crippen LogP contribution in [-0.4, -0.2) is 30.0 Å². The van der Waals surface area contributed by atoms with E-state index in [9.17, 15) is 13.2 Å². The van der Waals surface area contributed by atoms with Gasteiger partial charge in [-0.25, -0.2) is 13.4 Å². The zero-order valence-electron chi connectivity index (χ0n) is 19.3. The van der Waals surface area contributed by atoms with E-state index >= 15 is 0 Å². The van der Waals surface area contributed by atoms with E-state index in [4.69, 9.17) is 0 Å². The maximum atomic E-state index is 12.6. The number of fused-ring (bicyclic) bond motifs is 1. The number of nitrogens with zero attached hydrogens (tertiary/aromatic N) is 1. The van der Waals surface area contributed by atoms with E-state index in [0.29, 0.717) is 48.6 Å². The van der Waals surface area contributed by atoms with Gasteiger partial charge in [-0.15, -0.1) is 0 Å². The van der Waals surface area contributed by atoms with Gasteiger partial charge in [-0.1, -0.05) is 64.4 Å². The zero-order valence-corrected chi connectivity index (χ0v) is 20.1. The summed E-state index contributed by atoms with van der Waals surface area (Å²) in [6, 6.07) is 13.4. The van der Waals surface area contributed by atoms with Crippen LogP contribution in [0.15, 0.2) is 47.6 Å². The number of rotatable bonds is 10. The van der Waals surface area contributed by atoms with Crippen LogP contribution in [0.2, 0.25) is 0 Å². The predicted octanol–water partition coefficient (Wildman–Crippen LogP) is 5.78. The summed E-state index contributed by atoms with van der Waals surface area (Å²) >= 11 is 0. The van der Waals surface area contributed by atoms with Crippen LogP contribution in [0.5, 0.6) is 0 Å². The molecule has 0 bridgehead atoms. The van der Waals surface area contributed by atoms with Crippen LogP contribution >= 0.6 is 0 Å². The molecule has 0 atom stereocenters. The summed E-state index contributed by atoms with van der Waals surface area (Å²) in [5, 5.41) is 3.13. The molecule has 1 amide bonds. The first kappa shape index (κ1) is 24.0. The Labute approximate surface area is 190 Å². The first-order valence-corrected chi connectivity index (χ1v) is 12.9. The lowest BCUT2D eigenvalue weighted by Gasteiger charge is -2.20. The maximum Gasteiger partial charge on any atom is 0.226 e. The number of para-hydroxylation sites is 3. The molecule has 2 aromatic carbocycles. The van der Waals surface area contributed by atoms with Gasteiger partial charge < -0.3 is 10.3 Å². The minimum absolute atomic E-state index is 0.0160. The van der Waals surface area contributed by atoms with Crippen LogP contribution in [0.4, 0.5) is 5.69 Å². The highest BCUT2D eigenvalue weighted by Crippen LogP contribution is 2.32. The molecular formula is C25H33N3O3S. The lowest BCUT2D eigenvalue weighted by atomic mass is 9.92. The number of amides is 1. The number of hydrogen-bond donors (Lipinski definition) is 2. The van der Waals surface area contributed by atoms with Crippen molar-refractivity contribution in [2.45, 2.75) is 70.4 Å². The van der Waals surface area contributed by atoms with Crippen molar-refractivity contribution in [3.05, 3.63) is 53.6 Å². The molecule has 3 aromatic rings. The van der Waals surface area contributed by atoms with Gasteiger partial charge in [0.1, 0.15) is 0 Å². The summed E-state index contributed by atoms with van der Waals surface area (Å²) in [6.07, 6.45) is 2.17. The van der Waals surface area contributed by atoms with E-state index < -0.39 is 9.84 Å².